The molecule has 0 unspecified atom stereocenters. The van der Waals surface area contributed by atoms with Gasteiger partial charge in [0.15, 0.2) is 0 Å². The van der Waals surface area contributed by atoms with Gasteiger partial charge in [0.25, 0.3) is 0 Å². The number of hydrogen-bond acceptors (Lipinski definition) is 4. The summed E-state index contributed by atoms with van der Waals surface area (Å²) in [4.78, 5) is 12.3. The van der Waals surface area contributed by atoms with Gasteiger partial charge in [-0.25, -0.2) is 13.6 Å². The molecule has 0 fully saturated rings. The van der Waals surface area contributed by atoms with Crippen molar-refractivity contribution in [3.8, 4) is 0 Å². The summed E-state index contributed by atoms with van der Waals surface area (Å²) >= 11 is 1.12. The second kappa shape index (κ2) is 6.70. The van der Waals surface area contributed by atoms with Crippen molar-refractivity contribution < 1.29 is 18.3 Å². The Hall–Kier alpha value is -1.89. The Kier molecular flexibility index (Phi) is 4.66. The molecule has 0 saturated heterocycles. The molecule has 0 aliphatic carbocycles. The highest BCUT2D eigenvalue weighted by Crippen LogP contribution is 2.30. The Labute approximate surface area is 136 Å². The molecule has 0 N–H and O–H groups in total. The zero-order valence-electron chi connectivity index (χ0n) is 12.6. The average molecular weight is 338 g/mol. The number of aromatic nitrogens is 2. The highest BCUT2D eigenvalue weighted by molar-refractivity contribution is 7.98. The third kappa shape index (κ3) is 3.24. The number of carbonyl (C=O) groups excluding carboxylic acids is 1. The highest BCUT2D eigenvalue weighted by Gasteiger charge is 2.26. The lowest BCUT2D eigenvalue weighted by Gasteiger charge is -2.13. The molecule has 3 rings (SSSR count). The summed E-state index contributed by atoms with van der Waals surface area (Å²) in [6.07, 6.45) is 2.79. The molecule has 0 spiro atoms. The largest absolute Gasteiger partial charge is 0.465 e. The van der Waals surface area contributed by atoms with Gasteiger partial charge in [-0.2, -0.15) is 5.10 Å². The maximum atomic E-state index is 13.7. The van der Waals surface area contributed by atoms with Crippen molar-refractivity contribution in [2.45, 2.75) is 36.5 Å². The smallest absolute Gasteiger partial charge is 0.341 e. The van der Waals surface area contributed by atoms with Crippen LogP contribution < -0.4 is 0 Å². The third-order valence-corrected chi connectivity index (χ3v) is 4.85. The Bertz CT molecular complexity index is 746. The van der Waals surface area contributed by atoms with Gasteiger partial charge < -0.3 is 4.74 Å². The molecule has 0 amide bonds. The fraction of sp³-hybridized carbons (Fsp3) is 0.375. The standard InChI is InChI=1S/C16H16F2N2O2S/c1-22-16(21)15-12(19-20-7-3-2-4-13(15)20)9-23-14-8-10(17)5-6-11(14)18/h5-6,8H,2-4,7,9H2,1H3. The third-order valence-electron chi connectivity index (χ3n) is 3.81. The van der Waals surface area contributed by atoms with E-state index in [0.29, 0.717) is 11.3 Å². The molecule has 0 bridgehead atoms. The van der Waals surface area contributed by atoms with E-state index in [-0.39, 0.29) is 10.6 Å². The number of ether oxygens (including phenoxy) is 1. The van der Waals surface area contributed by atoms with Crippen LogP contribution in [0.15, 0.2) is 23.1 Å². The van der Waals surface area contributed by atoms with Crippen LogP contribution in [0.2, 0.25) is 0 Å². The Morgan fingerprint density at radius 3 is 3.00 bits per heavy atom. The molecule has 2 aromatic rings. The second-order valence-corrected chi connectivity index (χ2v) is 6.32. The summed E-state index contributed by atoms with van der Waals surface area (Å²) in [5.41, 5.74) is 1.90. The average Bonchev–Trinajstić information content (AvgIpc) is 2.93. The first-order chi connectivity index (χ1) is 11.1. The molecular formula is C16H16F2N2O2S. The van der Waals surface area contributed by atoms with Crippen molar-refractivity contribution in [1.29, 1.82) is 0 Å². The number of nitrogens with zero attached hydrogens (tertiary/aromatic N) is 2. The van der Waals surface area contributed by atoms with Crippen LogP contribution in [0.1, 0.15) is 34.6 Å². The number of hydrogen-bond donors (Lipinski definition) is 0. The number of fused-ring (bicyclic) bond motifs is 1. The molecule has 7 heteroatoms. The summed E-state index contributed by atoms with van der Waals surface area (Å²) in [6, 6.07) is 3.32. The first-order valence-corrected chi connectivity index (χ1v) is 8.33. The van der Waals surface area contributed by atoms with E-state index in [1.807, 2.05) is 4.68 Å². The number of aryl methyl sites for hydroxylation is 1. The van der Waals surface area contributed by atoms with E-state index in [1.165, 1.54) is 7.11 Å². The molecule has 0 radical (unpaired) electrons. The molecular weight excluding hydrogens is 322 g/mol. The topological polar surface area (TPSA) is 44.1 Å². The summed E-state index contributed by atoms with van der Waals surface area (Å²) in [7, 11) is 1.33. The van der Waals surface area contributed by atoms with E-state index < -0.39 is 17.6 Å². The van der Waals surface area contributed by atoms with E-state index in [9.17, 15) is 13.6 Å². The van der Waals surface area contributed by atoms with Crippen molar-refractivity contribution >= 4 is 17.7 Å². The van der Waals surface area contributed by atoms with Crippen LogP contribution in [-0.2, 0) is 23.5 Å². The zero-order chi connectivity index (χ0) is 16.4. The van der Waals surface area contributed by atoms with E-state index in [4.69, 9.17) is 4.74 Å². The molecule has 0 atom stereocenters. The summed E-state index contributed by atoms with van der Waals surface area (Å²) in [5, 5.41) is 4.47. The van der Waals surface area contributed by atoms with E-state index in [0.717, 1.165) is 61.5 Å². The summed E-state index contributed by atoms with van der Waals surface area (Å²) < 4.78 is 33.7. The monoisotopic (exact) mass is 338 g/mol. The van der Waals surface area contributed by atoms with Gasteiger partial charge >= 0.3 is 5.97 Å². The van der Waals surface area contributed by atoms with E-state index in [2.05, 4.69) is 5.10 Å². The molecule has 1 aliphatic rings. The lowest BCUT2D eigenvalue weighted by atomic mass is 10.1. The summed E-state index contributed by atoms with van der Waals surface area (Å²) in [5.74, 6) is -1.13. The van der Waals surface area contributed by atoms with Crippen molar-refractivity contribution in [1.82, 2.24) is 9.78 Å². The predicted octanol–water partition coefficient (Wildman–Crippen LogP) is 3.58. The molecule has 1 aromatic carbocycles. The Balaban J connectivity index is 1.89. The molecule has 122 valence electrons. The normalized spacial score (nSPS) is 13.7. The van der Waals surface area contributed by atoms with Gasteiger partial charge in [-0.3, -0.25) is 4.68 Å². The second-order valence-electron chi connectivity index (χ2n) is 5.30. The molecule has 2 heterocycles. The summed E-state index contributed by atoms with van der Waals surface area (Å²) in [6.45, 7) is 0.762. The van der Waals surface area contributed by atoms with Crippen LogP contribution in [0.3, 0.4) is 0 Å². The minimum atomic E-state index is -0.494. The van der Waals surface area contributed by atoms with Gasteiger partial charge in [0.05, 0.1) is 18.5 Å². The zero-order valence-corrected chi connectivity index (χ0v) is 13.5. The molecule has 0 saturated carbocycles. The Morgan fingerprint density at radius 1 is 1.39 bits per heavy atom. The first-order valence-electron chi connectivity index (χ1n) is 7.35. The van der Waals surface area contributed by atoms with Crippen LogP contribution >= 0.6 is 11.8 Å². The van der Waals surface area contributed by atoms with Gasteiger partial charge in [0.2, 0.25) is 0 Å². The maximum absolute atomic E-state index is 13.7. The number of benzene rings is 1. The van der Waals surface area contributed by atoms with Crippen molar-refractivity contribution in [2.24, 2.45) is 0 Å². The fourth-order valence-corrected chi connectivity index (χ4v) is 3.61. The van der Waals surface area contributed by atoms with Gasteiger partial charge in [-0.15, -0.1) is 11.8 Å². The minimum absolute atomic E-state index is 0.201. The van der Waals surface area contributed by atoms with Crippen LogP contribution in [0.25, 0.3) is 0 Å². The van der Waals surface area contributed by atoms with E-state index in [1.54, 1.807) is 0 Å². The lowest BCUT2D eigenvalue weighted by molar-refractivity contribution is 0.0598. The van der Waals surface area contributed by atoms with Crippen molar-refractivity contribution in [3.63, 3.8) is 0 Å². The molecule has 1 aliphatic heterocycles. The van der Waals surface area contributed by atoms with Crippen molar-refractivity contribution in [3.05, 3.63) is 46.8 Å². The molecule has 23 heavy (non-hydrogen) atoms. The highest BCUT2D eigenvalue weighted by atomic mass is 32.2. The van der Waals surface area contributed by atoms with Gasteiger partial charge in [-0.05, 0) is 37.5 Å². The quantitative estimate of drug-likeness (QED) is 0.631. The maximum Gasteiger partial charge on any atom is 0.341 e. The van der Waals surface area contributed by atoms with Crippen LogP contribution in [0, 0.1) is 11.6 Å². The number of methoxy groups -OCH3 is 1. The minimum Gasteiger partial charge on any atom is -0.465 e. The SMILES string of the molecule is COC(=O)c1c(CSc2cc(F)ccc2F)nn2c1CCCC2. The number of rotatable bonds is 4. The van der Waals surface area contributed by atoms with Crippen LogP contribution in [0.5, 0.6) is 0 Å². The predicted molar refractivity (Wildman–Crippen MR) is 82.4 cm³/mol. The van der Waals surface area contributed by atoms with Gasteiger partial charge in [-0.1, -0.05) is 0 Å². The number of carbonyl (C=O) groups is 1. The molecule has 1 aromatic heterocycles. The number of thioether (sulfide) groups is 1. The Morgan fingerprint density at radius 2 is 2.22 bits per heavy atom. The number of esters is 1. The van der Waals surface area contributed by atoms with Crippen molar-refractivity contribution in [2.75, 3.05) is 7.11 Å². The van der Waals surface area contributed by atoms with E-state index >= 15 is 0 Å². The van der Waals surface area contributed by atoms with Gasteiger partial charge in [0.1, 0.15) is 17.2 Å². The first kappa shape index (κ1) is 16.0. The van der Waals surface area contributed by atoms with Gasteiger partial charge in [0, 0.05) is 17.2 Å². The van der Waals surface area contributed by atoms with Crippen LogP contribution in [-0.4, -0.2) is 22.9 Å². The number of halogens is 2. The lowest BCUT2D eigenvalue weighted by Crippen LogP contribution is -2.14. The van der Waals surface area contributed by atoms with Crippen LogP contribution in [0.4, 0.5) is 8.78 Å². The fourth-order valence-electron chi connectivity index (χ4n) is 2.72. The molecule has 4 nitrogen and oxygen atoms in total.